The summed E-state index contributed by atoms with van der Waals surface area (Å²) in [5, 5.41) is 4.41. The third-order valence-corrected chi connectivity index (χ3v) is 14.5. The predicted octanol–water partition coefficient (Wildman–Crippen LogP) is 7.32. The second-order valence-corrected chi connectivity index (χ2v) is 19.5. The zero-order valence-electron chi connectivity index (χ0n) is 27.8. The van der Waals surface area contributed by atoms with E-state index < -0.39 is 27.6 Å². The first-order valence-corrected chi connectivity index (χ1v) is 20.8. The molecule has 3 aromatic rings. The van der Waals surface area contributed by atoms with Crippen molar-refractivity contribution in [1.82, 2.24) is 8.61 Å². The van der Waals surface area contributed by atoms with Crippen LogP contribution in [0.4, 0.5) is 11.4 Å². The molecule has 1 unspecified atom stereocenters. The van der Waals surface area contributed by atoms with Crippen molar-refractivity contribution in [1.29, 1.82) is 0 Å². The molecule has 15 heteroatoms. The summed E-state index contributed by atoms with van der Waals surface area (Å²) in [5.41, 5.74) is 2.91. The van der Waals surface area contributed by atoms with Gasteiger partial charge in [-0.2, -0.15) is 13.2 Å². The first-order chi connectivity index (χ1) is 22.1. The zero-order chi connectivity index (χ0) is 34.3. The number of benzene rings is 3. The van der Waals surface area contributed by atoms with Crippen molar-refractivity contribution in [2.45, 2.75) is 64.2 Å². The lowest BCUT2D eigenvalue weighted by atomic mass is 9.94. The number of hydrogen-bond donors (Lipinski definition) is 1. The Bertz CT molecular complexity index is 1800. The Labute approximate surface area is 277 Å². The average Bonchev–Trinajstić information content (AvgIpc) is 3.01. The highest BCUT2D eigenvalue weighted by Gasteiger charge is 2.34. The van der Waals surface area contributed by atoms with E-state index in [9.17, 15) is 26.3 Å². The molecule has 2 saturated heterocycles. The van der Waals surface area contributed by atoms with Crippen LogP contribution in [-0.2, 0) is 33.8 Å². The summed E-state index contributed by atoms with van der Waals surface area (Å²) in [6.07, 6.45) is 1.88. The molecule has 47 heavy (non-hydrogen) atoms. The smallest absolute Gasteiger partial charge is 0.308 e. The minimum atomic E-state index is -3.95. The van der Waals surface area contributed by atoms with Crippen molar-refractivity contribution < 1.29 is 30.5 Å². The number of hydrogen-bond acceptors (Lipinski definition) is 10. The summed E-state index contributed by atoms with van der Waals surface area (Å²) >= 11 is 0. The van der Waals surface area contributed by atoms with Gasteiger partial charge in [0.1, 0.15) is 5.69 Å². The molecule has 1 N–H and O–H groups in total. The molecule has 0 bridgehead atoms. The largest absolute Gasteiger partial charge is 0.351 e. The van der Waals surface area contributed by atoms with Crippen LogP contribution < -0.4 is 5.48 Å². The van der Waals surface area contributed by atoms with Crippen LogP contribution in [0, 0.1) is 28.6 Å². The highest BCUT2D eigenvalue weighted by atomic mass is 32.2. The van der Waals surface area contributed by atoms with E-state index in [0.717, 1.165) is 12.8 Å². The monoisotopic (exact) mass is 708 g/mol. The maximum Gasteiger partial charge on any atom is 0.351 e. The molecule has 0 amide bonds. The van der Waals surface area contributed by atoms with Crippen molar-refractivity contribution in [3.63, 3.8) is 0 Å². The van der Waals surface area contributed by atoms with Crippen molar-refractivity contribution in [2.24, 2.45) is 28.8 Å². The van der Waals surface area contributed by atoms with Gasteiger partial charge >= 0.3 is 7.60 Å². The number of nitroso groups, excluding NO2 is 1. The van der Waals surface area contributed by atoms with E-state index >= 15 is 0 Å². The normalized spacial score (nSPS) is 24.7. The summed E-state index contributed by atoms with van der Waals surface area (Å²) in [6, 6.07) is 8.79. The third kappa shape index (κ3) is 7.15. The summed E-state index contributed by atoms with van der Waals surface area (Å²) in [6.45, 7) is 13.0. The molecular weight excluding hydrogens is 663 g/mol. The van der Waals surface area contributed by atoms with Gasteiger partial charge in [0, 0.05) is 53.9 Å². The van der Waals surface area contributed by atoms with Crippen LogP contribution in [0.3, 0.4) is 0 Å². The van der Waals surface area contributed by atoms with Gasteiger partial charge in [-0.3, -0.25) is 10.0 Å². The number of rotatable bonds is 11. The second kappa shape index (κ2) is 13.8. The molecule has 0 aromatic heterocycles. The topological polar surface area (TPSA) is 152 Å². The van der Waals surface area contributed by atoms with E-state index in [1.165, 1.54) is 45.0 Å². The van der Waals surface area contributed by atoms with E-state index in [1.807, 2.05) is 27.7 Å². The fraction of sp³-hybridized carbons (Fsp3) is 0.562. The molecule has 0 radical (unpaired) electrons. The van der Waals surface area contributed by atoms with Crippen LogP contribution in [-0.4, -0.2) is 64.4 Å². The standard InChI is InChI=1S/C32H45N4O8PS2/c1-7-43-45(38,8-2)44-34-32-29-15-25(46(39,40)35-17-21(3)13-22(4)18-35)9-11-27(29)31(33-37)28-12-10-26(16-30(28)32)47(41,42)36-19-23(5)14-24(6)20-36/h9-12,15-16,21-24,34H,7-8,13-14,17-20H2,1-6H3/t21-,22+,23-,24+,45?. The molecule has 2 heterocycles. The summed E-state index contributed by atoms with van der Waals surface area (Å²) in [5.74, 6) is 0.731. The Kier molecular flexibility index (Phi) is 10.5. The van der Waals surface area contributed by atoms with Gasteiger partial charge in [0.25, 0.3) is 0 Å². The van der Waals surface area contributed by atoms with E-state index in [1.54, 1.807) is 13.8 Å². The highest BCUT2D eigenvalue weighted by molar-refractivity contribution is 7.89. The van der Waals surface area contributed by atoms with Crippen LogP contribution in [0.15, 0.2) is 51.4 Å². The summed E-state index contributed by atoms with van der Waals surface area (Å²) < 4.78 is 83.2. The van der Waals surface area contributed by atoms with Crippen molar-refractivity contribution in [3.8, 4) is 0 Å². The summed E-state index contributed by atoms with van der Waals surface area (Å²) in [7, 11) is -11.5. The molecule has 0 aliphatic carbocycles. The number of nitrogens with zero attached hydrogens (tertiary/aromatic N) is 3. The number of anilines is 1. The second-order valence-electron chi connectivity index (χ2n) is 13.3. The van der Waals surface area contributed by atoms with Gasteiger partial charge in [-0.15, -0.1) is 4.91 Å². The van der Waals surface area contributed by atoms with Crippen molar-refractivity contribution >= 4 is 60.6 Å². The fourth-order valence-corrected chi connectivity index (χ4v) is 11.5. The molecule has 5 atom stereocenters. The lowest BCUT2D eigenvalue weighted by molar-refractivity contribution is 0.222. The molecule has 5 rings (SSSR count). The zero-order valence-corrected chi connectivity index (χ0v) is 30.3. The van der Waals surface area contributed by atoms with Crippen LogP contribution in [0.1, 0.15) is 54.4 Å². The Hall–Kier alpha value is -2.45. The third-order valence-electron chi connectivity index (χ3n) is 9.07. The molecule has 2 aliphatic heterocycles. The molecule has 2 aliphatic rings. The minimum absolute atomic E-state index is 0.00546. The van der Waals surface area contributed by atoms with Gasteiger partial charge in [-0.1, -0.05) is 46.8 Å². The van der Waals surface area contributed by atoms with Gasteiger partial charge in [-0.05, 0) is 72.9 Å². The Balaban J connectivity index is 1.74. The number of piperidine rings is 2. The number of fused-ring (bicyclic) bond motifs is 2. The molecule has 3 aromatic carbocycles. The van der Waals surface area contributed by atoms with Gasteiger partial charge in [0.15, 0.2) is 0 Å². The van der Waals surface area contributed by atoms with Gasteiger partial charge in [-0.25, -0.2) is 16.8 Å². The predicted molar refractivity (Wildman–Crippen MR) is 185 cm³/mol. The van der Waals surface area contributed by atoms with Gasteiger partial charge in [0.2, 0.25) is 20.0 Å². The van der Waals surface area contributed by atoms with Crippen molar-refractivity contribution in [2.75, 3.05) is 44.4 Å². The highest BCUT2D eigenvalue weighted by Crippen LogP contribution is 2.50. The number of nitrogens with one attached hydrogen (secondary N) is 1. The number of sulfonamides is 2. The van der Waals surface area contributed by atoms with E-state index in [0.29, 0.717) is 37.0 Å². The van der Waals surface area contributed by atoms with E-state index in [4.69, 9.17) is 9.15 Å². The summed E-state index contributed by atoms with van der Waals surface area (Å²) in [4.78, 5) is 12.4. The lowest BCUT2D eigenvalue weighted by Crippen LogP contribution is -2.42. The molecular formula is C32H45N4O8PS2. The maximum atomic E-state index is 14.0. The van der Waals surface area contributed by atoms with Crippen LogP contribution in [0.2, 0.25) is 0 Å². The fourth-order valence-electron chi connectivity index (χ4n) is 7.09. The first kappa shape index (κ1) is 35.8. The van der Waals surface area contributed by atoms with Crippen LogP contribution in [0.25, 0.3) is 21.5 Å². The molecule has 258 valence electrons. The molecule has 12 nitrogen and oxygen atoms in total. The maximum absolute atomic E-state index is 14.0. The lowest BCUT2D eigenvalue weighted by Gasteiger charge is -2.34. The van der Waals surface area contributed by atoms with Gasteiger partial charge < -0.3 is 4.52 Å². The van der Waals surface area contributed by atoms with Crippen LogP contribution in [0.5, 0.6) is 0 Å². The van der Waals surface area contributed by atoms with Crippen LogP contribution >= 0.6 is 7.60 Å². The molecule has 2 fully saturated rings. The van der Waals surface area contributed by atoms with E-state index in [2.05, 4.69) is 10.7 Å². The Morgan fingerprint density at radius 1 is 0.766 bits per heavy atom. The Morgan fingerprint density at radius 2 is 1.19 bits per heavy atom. The van der Waals surface area contributed by atoms with E-state index in [-0.39, 0.29) is 68.4 Å². The molecule has 0 saturated carbocycles. The quantitative estimate of drug-likeness (QED) is 0.0935. The Morgan fingerprint density at radius 3 is 1.55 bits per heavy atom. The SMILES string of the molecule is CCOP(=O)(CC)ONc1c2cc(S(=O)(=O)N3C[C@H](C)C[C@H](C)C3)ccc2c(N=O)c2ccc(S(=O)(=O)N3C[C@H](C)C[C@H](C)C3)cc12. The minimum Gasteiger partial charge on any atom is -0.308 e. The van der Waals surface area contributed by atoms with Gasteiger partial charge in [0.05, 0.1) is 22.1 Å². The average molecular weight is 709 g/mol. The van der Waals surface area contributed by atoms with Crippen molar-refractivity contribution in [3.05, 3.63) is 41.3 Å². The first-order valence-electron chi connectivity index (χ1n) is 16.2. The molecule has 0 spiro atoms.